The van der Waals surface area contributed by atoms with Crippen LogP contribution in [0.25, 0.3) is 11.0 Å². The van der Waals surface area contributed by atoms with Crippen LogP contribution < -0.4 is 10.5 Å². The lowest BCUT2D eigenvalue weighted by molar-refractivity contribution is -0.0132. The Hall–Kier alpha value is -2.32. The van der Waals surface area contributed by atoms with Crippen molar-refractivity contribution in [3.63, 3.8) is 0 Å². The standard InChI is InChI=1S/C17H19N3O2/c1-4-12-15(20-10-7-17(2,22-3)8-11-20)14-13(19-16(12)21)6-5-9-18-14/h1,5-6,9H,7-8,10-11H2,2-3H3,(H,19,21). The van der Waals surface area contributed by atoms with Crippen LogP contribution in [0, 0.1) is 12.3 Å². The molecule has 0 spiro atoms. The first kappa shape index (κ1) is 14.6. The molecule has 0 saturated carbocycles. The lowest BCUT2D eigenvalue weighted by Gasteiger charge is -2.39. The van der Waals surface area contributed by atoms with Crippen LogP contribution in [-0.2, 0) is 4.74 Å². The summed E-state index contributed by atoms with van der Waals surface area (Å²) in [4.78, 5) is 21.6. The van der Waals surface area contributed by atoms with Gasteiger partial charge in [0.15, 0.2) is 0 Å². The molecule has 2 aromatic rings. The lowest BCUT2D eigenvalue weighted by atomic mass is 9.92. The van der Waals surface area contributed by atoms with Crippen molar-refractivity contribution in [3.8, 4) is 12.3 Å². The van der Waals surface area contributed by atoms with Gasteiger partial charge >= 0.3 is 0 Å². The maximum Gasteiger partial charge on any atom is 0.266 e. The highest BCUT2D eigenvalue weighted by Gasteiger charge is 2.31. The van der Waals surface area contributed by atoms with Gasteiger partial charge in [0.2, 0.25) is 0 Å². The van der Waals surface area contributed by atoms with Gasteiger partial charge in [-0.25, -0.2) is 0 Å². The number of aromatic amines is 1. The second-order valence-corrected chi connectivity index (χ2v) is 5.86. The van der Waals surface area contributed by atoms with Gasteiger partial charge < -0.3 is 14.6 Å². The first-order valence-corrected chi connectivity index (χ1v) is 7.36. The Morgan fingerprint density at radius 2 is 2.18 bits per heavy atom. The summed E-state index contributed by atoms with van der Waals surface area (Å²) < 4.78 is 5.58. The molecule has 0 aromatic carbocycles. The van der Waals surface area contributed by atoms with E-state index in [1.165, 1.54) is 0 Å². The fraction of sp³-hybridized carbons (Fsp3) is 0.412. The SMILES string of the molecule is C#Cc1c(N2CCC(C)(OC)CC2)c2ncccc2[nH]c1=O. The number of hydrogen-bond donors (Lipinski definition) is 1. The summed E-state index contributed by atoms with van der Waals surface area (Å²) >= 11 is 0. The molecular weight excluding hydrogens is 278 g/mol. The van der Waals surface area contributed by atoms with Gasteiger partial charge in [0.25, 0.3) is 5.56 Å². The number of fused-ring (bicyclic) bond motifs is 1. The number of hydrogen-bond acceptors (Lipinski definition) is 4. The molecule has 1 aliphatic heterocycles. The van der Waals surface area contributed by atoms with Crippen LogP contribution >= 0.6 is 0 Å². The van der Waals surface area contributed by atoms with Crippen LogP contribution in [0.5, 0.6) is 0 Å². The van der Waals surface area contributed by atoms with E-state index in [0.29, 0.717) is 11.1 Å². The third kappa shape index (κ3) is 2.36. The van der Waals surface area contributed by atoms with Crippen molar-refractivity contribution < 1.29 is 4.74 Å². The number of anilines is 1. The van der Waals surface area contributed by atoms with Gasteiger partial charge in [-0.05, 0) is 31.9 Å². The number of nitrogens with one attached hydrogen (secondary N) is 1. The Morgan fingerprint density at radius 1 is 1.45 bits per heavy atom. The smallest absolute Gasteiger partial charge is 0.266 e. The zero-order valence-electron chi connectivity index (χ0n) is 12.8. The highest BCUT2D eigenvalue weighted by molar-refractivity contribution is 5.91. The summed E-state index contributed by atoms with van der Waals surface area (Å²) in [6.45, 7) is 3.68. The molecule has 0 atom stereocenters. The molecule has 114 valence electrons. The van der Waals surface area contributed by atoms with Gasteiger partial charge in [-0.2, -0.15) is 0 Å². The van der Waals surface area contributed by atoms with E-state index in [4.69, 9.17) is 11.2 Å². The first-order valence-electron chi connectivity index (χ1n) is 7.36. The molecule has 0 radical (unpaired) electrons. The average Bonchev–Trinajstić information content (AvgIpc) is 2.54. The van der Waals surface area contributed by atoms with Crippen molar-refractivity contribution in [2.45, 2.75) is 25.4 Å². The number of ether oxygens (including phenoxy) is 1. The second kappa shape index (κ2) is 5.47. The van der Waals surface area contributed by atoms with Gasteiger partial charge in [-0.3, -0.25) is 9.78 Å². The average molecular weight is 297 g/mol. The third-order valence-electron chi connectivity index (χ3n) is 4.52. The van der Waals surface area contributed by atoms with Crippen molar-refractivity contribution >= 4 is 16.7 Å². The molecule has 0 unspecified atom stereocenters. The molecule has 5 nitrogen and oxygen atoms in total. The molecule has 1 saturated heterocycles. The van der Waals surface area contributed by atoms with Crippen LogP contribution in [0.1, 0.15) is 25.3 Å². The summed E-state index contributed by atoms with van der Waals surface area (Å²) in [7, 11) is 1.74. The topological polar surface area (TPSA) is 58.2 Å². The molecular formula is C17H19N3O2. The summed E-state index contributed by atoms with van der Waals surface area (Å²) in [6.07, 6.45) is 9.06. The minimum Gasteiger partial charge on any atom is -0.378 e. The molecule has 22 heavy (non-hydrogen) atoms. The predicted octanol–water partition coefficient (Wildman–Crippen LogP) is 1.91. The molecule has 3 rings (SSSR count). The molecule has 0 aliphatic carbocycles. The Morgan fingerprint density at radius 3 is 2.82 bits per heavy atom. The van der Waals surface area contributed by atoms with Gasteiger partial charge in [0.1, 0.15) is 11.1 Å². The minimum absolute atomic E-state index is 0.114. The van der Waals surface area contributed by atoms with Gasteiger partial charge in [-0.15, -0.1) is 6.42 Å². The molecule has 0 amide bonds. The summed E-state index contributed by atoms with van der Waals surface area (Å²) in [5.41, 5.74) is 2.22. The first-order chi connectivity index (χ1) is 10.6. The van der Waals surface area contributed by atoms with Gasteiger partial charge in [0, 0.05) is 26.4 Å². The highest BCUT2D eigenvalue weighted by atomic mass is 16.5. The quantitative estimate of drug-likeness (QED) is 0.860. The van der Waals surface area contributed by atoms with Gasteiger partial charge in [-0.1, -0.05) is 5.92 Å². The van der Waals surface area contributed by atoms with E-state index >= 15 is 0 Å². The molecule has 1 N–H and O–H groups in total. The summed E-state index contributed by atoms with van der Waals surface area (Å²) in [5.74, 6) is 2.53. The number of methoxy groups -OCH3 is 1. The second-order valence-electron chi connectivity index (χ2n) is 5.86. The fourth-order valence-electron chi connectivity index (χ4n) is 2.95. The Labute approximate surface area is 129 Å². The van der Waals surface area contributed by atoms with Crippen LogP contribution in [0.3, 0.4) is 0 Å². The third-order valence-corrected chi connectivity index (χ3v) is 4.52. The zero-order chi connectivity index (χ0) is 15.7. The van der Waals surface area contributed by atoms with Crippen LogP contribution in [-0.4, -0.2) is 35.8 Å². The van der Waals surface area contributed by atoms with E-state index in [2.05, 4.69) is 27.7 Å². The number of aromatic nitrogens is 2. The van der Waals surface area contributed by atoms with E-state index in [1.54, 1.807) is 19.4 Å². The molecule has 1 aliphatic rings. The van der Waals surface area contributed by atoms with E-state index in [1.807, 2.05) is 6.07 Å². The molecule has 3 heterocycles. The van der Waals surface area contributed by atoms with E-state index < -0.39 is 0 Å². The highest BCUT2D eigenvalue weighted by Crippen LogP contribution is 2.32. The lowest BCUT2D eigenvalue weighted by Crippen LogP contribution is -2.44. The maximum absolute atomic E-state index is 12.2. The summed E-state index contributed by atoms with van der Waals surface area (Å²) in [5, 5.41) is 0. The van der Waals surface area contributed by atoms with Crippen molar-refractivity contribution in [1.29, 1.82) is 0 Å². The predicted molar refractivity (Wildman–Crippen MR) is 87.2 cm³/mol. The monoisotopic (exact) mass is 297 g/mol. The van der Waals surface area contributed by atoms with Crippen LogP contribution in [0.4, 0.5) is 5.69 Å². The van der Waals surface area contributed by atoms with Crippen molar-refractivity contribution in [1.82, 2.24) is 9.97 Å². The molecule has 0 bridgehead atoms. The number of nitrogens with zero attached hydrogens (tertiary/aromatic N) is 2. The number of rotatable bonds is 2. The molecule has 2 aromatic heterocycles. The van der Waals surface area contributed by atoms with Crippen molar-refractivity contribution in [2.75, 3.05) is 25.1 Å². The van der Waals surface area contributed by atoms with Crippen LogP contribution in [0.2, 0.25) is 0 Å². The Kier molecular flexibility index (Phi) is 3.63. The largest absolute Gasteiger partial charge is 0.378 e. The minimum atomic E-state index is -0.238. The normalized spacial score (nSPS) is 17.4. The molecule has 5 heteroatoms. The van der Waals surface area contributed by atoms with E-state index in [-0.39, 0.29) is 11.2 Å². The number of piperidine rings is 1. The number of pyridine rings is 2. The zero-order valence-corrected chi connectivity index (χ0v) is 12.8. The molecule has 1 fully saturated rings. The number of H-pyrrole nitrogens is 1. The van der Waals surface area contributed by atoms with Crippen LogP contribution in [0.15, 0.2) is 23.1 Å². The Balaban J connectivity index is 2.11. The fourth-order valence-corrected chi connectivity index (χ4v) is 2.95. The van der Waals surface area contributed by atoms with Crippen molar-refractivity contribution in [3.05, 3.63) is 34.2 Å². The number of terminal acetylenes is 1. The van der Waals surface area contributed by atoms with E-state index in [9.17, 15) is 4.79 Å². The maximum atomic E-state index is 12.2. The van der Waals surface area contributed by atoms with E-state index in [0.717, 1.165) is 37.1 Å². The van der Waals surface area contributed by atoms with Crippen molar-refractivity contribution in [2.24, 2.45) is 0 Å². The van der Waals surface area contributed by atoms with Gasteiger partial charge in [0.05, 0.1) is 16.8 Å². The Bertz CT molecular complexity index is 796. The summed E-state index contributed by atoms with van der Waals surface area (Å²) in [6, 6.07) is 3.65.